The Balaban J connectivity index is 1.87. The highest BCUT2D eigenvalue weighted by atomic mass is 32.2. The van der Waals surface area contributed by atoms with E-state index in [0.717, 1.165) is 48.8 Å². The topological polar surface area (TPSA) is 75.3 Å². The zero-order chi connectivity index (χ0) is 21.0. The Bertz CT molecular complexity index is 993. The molecule has 0 aliphatic heterocycles. The molecule has 0 spiro atoms. The summed E-state index contributed by atoms with van der Waals surface area (Å²) in [6.45, 7) is 5.71. The summed E-state index contributed by atoms with van der Waals surface area (Å²) in [7, 11) is -3.80. The van der Waals surface area contributed by atoms with Gasteiger partial charge in [0.15, 0.2) is 0 Å². The third kappa shape index (κ3) is 4.99. The molecule has 3 rings (SSSR count). The summed E-state index contributed by atoms with van der Waals surface area (Å²) in [5, 5.41) is 3.08. The number of para-hydroxylation sites is 1. The van der Waals surface area contributed by atoms with E-state index in [4.69, 9.17) is 0 Å². The minimum atomic E-state index is -3.80. The van der Waals surface area contributed by atoms with Gasteiger partial charge in [-0.2, -0.15) is 0 Å². The van der Waals surface area contributed by atoms with Crippen molar-refractivity contribution in [2.24, 2.45) is 0 Å². The molecular weight excluding hydrogens is 384 g/mol. The van der Waals surface area contributed by atoms with Crippen LogP contribution in [-0.2, 0) is 16.4 Å². The summed E-state index contributed by atoms with van der Waals surface area (Å²) in [6.07, 6.45) is 6.15. The predicted molar refractivity (Wildman–Crippen MR) is 117 cm³/mol. The Kier molecular flexibility index (Phi) is 6.63. The van der Waals surface area contributed by atoms with Gasteiger partial charge >= 0.3 is 0 Å². The molecule has 0 radical (unpaired) electrons. The number of nitrogens with one attached hydrogen (secondary N) is 2. The van der Waals surface area contributed by atoms with Gasteiger partial charge in [0.1, 0.15) is 0 Å². The van der Waals surface area contributed by atoms with Crippen molar-refractivity contribution in [1.82, 2.24) is 5.32 Å². The zero-order valence-corrected chi connectivity index (χ0v) is 18.2. The number of aryl methyl sites for hydroxylation is 3. The smallest absolute Gasteiger partial charge is 0.261 e. The first-order valence-corrected chi connectivity index (χ1v) is 11.8. The van der Waals surface area contributed by atoms with Crippen LogP contribution in [0.25, 0.3) is 0 Å². The average Bonchev–Trinajstić information content (AvgIpc) is 2.70. The zero-order valence-electron chi connectivity index (χ0n) is 17.4. The van der Waals surface area contributed by atoms with E-state index in [0.29, 0.717) is 11.3 Å². The number of hydrogen-bond acceptors (Lipinski definition) is 3. The summed E-state index contributed by atoms with van der Waals surface area (Å²) in [5.41, 5.74) is 3.61. The first kappa shape index (κ1) is 21.4. The lowest BCUT2D eigenvalue weighted by atomic mass is 9.95. The first-order valence-electron chi connectivity index (χ1n) is 10.3. The van der Waals surface area contributed by atoms with E-state index < -0.39 is 10.0 Å². The number of benzene rings is 2. The Morgan fingerprint density at radius 3 is 2.45 bits per heavy atom. The molecule has 5 nitrogen and oxygen atoms in total. The Morgan fingerprint density at radius 2 is 1.76 bits per heavy atom. The molecule has 6 heteroatoms. The maximum atomic E-state index is 13.1. The van der Waals surface area contributed by atoms with Gasteiger partial charge in [0.25, 0.3) is 15.9 Å². The third-order valence-corrected chi connectivity index (χ3v) is 7.03. The number of carbonyl (C=O) groups excluding carboxylic acids is 1. The van der Waals surface area contributed by atoms with E-state index in [1.165, 1.54) is 12.5 Å². The molecular formula is C23H30N2O3S. The van der Waals surface area contributed by atoms with Crippen molar-refractivity contribution in [3.63, 3.8) is 0 Å². The quantitative estimate of drug-likeness (QED) is 0.717. The average molecular weight is 415 g/mol. The van der Waals surface area contributed by atoms with Gasteiger partial charge in [-0.05, 0) is 61.9 Å². The van der Waals surface area contributed by atoms with Crippen LogP contribution in [0.2, 0.25) is 0 Å². The molecule has 0 aromatic heterocycles. The summed E-state index contributed by atoms with van der Waals surface area (Å²) in [6, 6.07) is 10.6. The highest BCUT2D eigenvalue weighted by molar-refractivity contribution is 7.92. The fourth-order valence-corrected chi connectivity index (χ4v) is 5.08. The van der Waals surface area contributed by atoms with Crippen molar-refractivity contribution in [3.05, 3.63) is 58.7 Å². The van der Waals surface area contributed by atoms with Gasteiger partial charge in [0.2, 0.25) is 0 Å². The molecule has 2 aromatic rings. The number of carbonyl (C=O) groups is 1. The van der Waals surface area contributed by atoms with Crippen molar-refractivity contribution >= 4 is 21.6 Å². The van der Waals surface area contributed by atoms with Crippen LogP contribution in [-0.4, -0.2) is 20.4 Å². The second kappa shape index (κ2) is 8.99. The molecule has 0 unspecified atom stereocenters. The minimum absolute atomic E-state index is 0.0993. The van der Waals surface area contributed by atoms with E-state index in [9.17, 15) is 13.2 Å². The number of amides is 1. The van der Waals surface area contributed by atoms with Gasteiger partial charge in [-0.25, -0.2) is 8.42 Å². The fraction of sp³-hybridized carbons (Fsp3) is 0.435. The van der Waals surface area contributed by atoms with Gasteiger partial charge in [0, 0.05) is 11.6 Å². The summed E-state index contributed by atoms with van der Waals surface area (Å²) in [5.74, 6) is -0.198. The van der Waals surface area contributed by atoms with E-state index in [1.807, 2.05) is 39.0 Å². The third-order valence-electron chi connectivity index (χ3n) is 5.68. The second-order valence-corrected chi connectivity index (χ2v) is 9.54. The molecule has 29 heavy (non-hydrogen) atoms. The maximum Gasteiger partial charge on any atom is 0.261 e. The fourth-order valence-electron chi connectivity index (χ4n) is 3.89. The Morgan fingerprint density at radius 1 is 1.03 bits per heavy atom. The van der Waals surface area contributed by atoms with Gasteiger partial charge in [-0.1, -0.05) is 50.5 Å². The lowest BCUT2D eigenvalue weighted by molar-refractivity contribution is 0.0927. The highest BCUT2D eigenvalue weighted by Gasteiger charge is 2.22. The van der Waals surface area contributed by atoms with Crippen molar-refractivity contribution < 1.29 is 13.2 Å². The number of rotatable bonds is 6. The van der Waals surface area contributed by atoms with Crippen LogP contribution in [0.1, 0.15) is 66.1 Å². The molecule has 1 saturated carbocycles. The highest BCUT2D eigenvalue weighted by Crippen LogP contribution is 2.26. The van der Waals surface area contributed by atoms with Crippen molar-refractivity contribution in [1.29, 1.82) is 0 Å². The Hall–Kier alpha value is -2.34. The minimum Gasteiger partial charge on any atom is -0.349 e. The molecule has 0 bridgehead atoms. The number of anilines is 1. The SMILES string of the molecule is CCc1cccc(C)c1NS(=O)(=O)c1ccc(C)c(C(=O)NC2CCCCC2)c1. The molecule has 1 aliphatic carbocycles. The number of hydrogen-bond donors (Lipinski definition) is 2. The molecule has 1 fully saturated rings. The van der Waals surface area contributed by atoms with Crippen LogP contribution in [0, 0.1) is 13.8 Å². The summed E-state index contributed by atoms with van der Waals surface area (Å²) >= 11 is 0. The summed E-state index contributed by atoms with van der Waals surface area (Å²) in [4.78, 5) is 12.9. The van der Waals surface area contributed by atoms with Crippen molar-refractivity contribution in [2.75, 3.05) is 4.72 Å². The predicted octanol–water partition coefficient (Wildman–Crippen LogP) is 4.73. The molecule has 1 aliphatic rings. The molecule has 2 N–H and O–H groups in total. The van der Waals surface area contributed by atoms with Crippen molar-refractivity contribution in [2.45, 2.75) is 70.2 Å². The van der Waals surface area contributed by atoms with E-state index in [1.54, 1.807) is 12.1 Å². The standard InChI is InChI=1S/C23H30N2O3S/c1-4-18-10-8-9-17(3)22(18)25-29(27,28)20-14-13-16(2)21(15-20)23(26)24-19-11-6-5-7-12-19/h8-10,13-15,19,25H,4-7,11-12H2,1-3H3,(H,24,26). The molecule has 2 aromatic carbocycles. The normalized spacial score (nSPS) is 15.1. The van der Waals surface area contributed by atoms with Crippen LogP contribution in [0.4, 0.5) is 5.69 Å². The lowest BCUT2D eigenvalue weighted by Crippen LogP contribution is -2.36. The molecule has 156 valence electrons. The van der Waals surface area contributed by atoms with Crippen LogP contribution in [0.3, 0.4) is 0 Å². The first-order chi connectivity index (χ1) is 13.8. The van der Waals surface area contributed by atoms with Crippen LogP contribution < -0.4 is 10.0 Å². The van der Waals surface area contributed by atoms with E-state index in [2.05, 4.69) is 10.0 Å². The Labute approximate surface area is 174 Å². The second-order valence-electron chi connectivity index (χ2n) is 7.85. The van der Waals surface area contributed by atoms with Crippen LogP contribution in [0.15, 0.2) is 41.3 Å². The number of sulfonamides is 1. The van der Waals surface area contributed by atoms with Gasteiger partial charge < -0.3 is 5.32 Å². The molecule has 0 heterocycles. The monoisotopic (exact) mass is 414 g/mol. The van der Waals surface area contributed by atoms with Gasteiger partial charge in [-0.3, -0.25) is 9.52 Å². The van der Waals surface area contributed by atoms with Gasteiger partial charge in [-0.15, -0.1) is 0 Å². The van der Waals surface area contributed by atoms with Crippen molar-refractivity contribution in [3.8, 4) is 0 Å². The molecule has 0 saturated heterocycles. The van der Waals surface area contributed by atoms with E-state index >= 15 is 0 Å². The van der Waals surface area contributed by atoms with Crippen LogP contribution >= 0.6 is 0 Å². The maximum absolute atomic E-state index is 13.1. The summed E-state index contributed by atoms with van der Waals surface area (Å²) < 4.78 is 28.8. The van der Waals surface area contributed by atoms with Gasteiger partial charge in [0.05, 0.1) is 10.6 Å². The molecule has 1 amide bonds. The lowest BCUT2D eigenvalue weighted by Gasteiger charge is -2.23. The van der Waals surface area contributed by atoms with Crippen LogP contribution in [0.5, 0.6) is 0 Å². The molecule has 0 atom stereocenters. The van der Waals surface area contributed by atoms with E-state index in [-0.39, 0.29) is 16.8 Å². The largest absolute Gasteiger partial charge is 0.349 e.